The van der Waals surface area contributed by atoms with Gasteiger partial charge in [0.1, 0.15) is 66.6 Å². The third-order valence-corrected chi connectivity index (χ3v) is 11.6. The molecule has 380 valence electrons. The average Bonchev–Trinajstić information content (AvgIpc) is 3.97. The summed E-state index contributed by atoms with van der Waals surface area (Å²) in [4.78, 5) is 100. The highest BCUT2D eigenvalue weighted by Gasteiger charge is 2.50. The number of carbonyl (C=O) groups is 3. The van der Waals surface area contributed by atoms with Crippen LogP contribution in [0.15, 0.2) is 59.1 Å². The predicted octanol–water partition coefficient (Wildman–Crippen LogP) is 1.86. The van der Waals surface area contributed by atoms with Gasteiger partial charge < -0.3 is 65.6 Å². The molecule has 2 fully saturated rings. The van der Waals surface area contributed by atoms with Crippen LogP contribution in [0.25, 0.3) is 21.6 Å². The number of amides is 2. The highest BCUT2D eigenvalue weighted by molar-refractivity contribution is 7.47. The number of aromatic nitrogens is 6. The number of rotatable bonds is 20. The Hall–Kier alpha value is -6.33. The van der Waals surface area contributed by atoms with Crippen molar-refractivity contribution in [3.05, 3.63) is 75.7 Å². The Morgan fingerprint density at radius 3 is 2.49 bits per heavy atom. The molecule has 1 aromatic carbocycles. The van der Waals surface area contributed by atoms with Crippen LogP contribution in [0.4, 0.5) is 26.9 Å². The summed E-state index contributed by atoms with van der Waals surface area (Å²) < 4.78 is 70.8. The van der Waals surface area contributed by atoms with Crippen LogP contribution in [0.5, 0.6) is 0 Å². The lowest BCUT2D eigenvalue weighted by Gasteiger charge is -2.26. The van der Waals surface area contributed by atoms with Crippen molar-refractivity contribution < 1.29 is 80.6 Å². The standard InChI is InChI=1S/C37H49N13O18P2/c1-37(2,3)67-36(55)45-21(9-6-11-41-35(54)61-14-19-7-4-5-8-20(19)47-48-40)33(52)66-29-24(65-32(28(29)51)50-18-44-27-30(39)42-17-43-31(27)50)16-63-70(59,60)68-22-13-26(49-12-10-25(38)46-34(49)53)64-23(22)15-62-69(56,57)58/h4-5,7-8,10,12,17-18,21-24,26,28-29,32,51H,6,9,11,13-16H2,1-3H3,(H,41,54)(H,45,55)(H,59,60)(H2,38,46,53)(H2,39,42,43)(H2,56,57,58)/t21-,22+,23-,24?,26-,28?,29?,32?/m1/s1. The van der Waals surface area contributed by atoms with Crippen molar-refractivity contribution in [1.82, 2.24) is 39.7 Å². The number of phosphoric acid groups is 2. The smallest absolute Gasteiger partial charge is 0.455 e. The van der Waals surface area contributed by atoms with Crippen molar-refractivity contribution in [3.8, 4) is 0 Å². The van der Waals surface area contributed by atoms with E-state index in [1.807, 2.05) is 0 Å². The number of esters is 1. The van der Waals surface area contributed by atoms with E-state index in [1.54, 1.807) is 39.0 Å². The number of nitrogens with zero attached hydrogens (tertiary/aromatic N) is 9. The van der Waals surface area contributed by atoms with Crippen molar-refractivity contribution in [2.45, 2.75) is 101 Å². The van der Waals surface area contributed by atoms with E-state index in [-0.39, 0.29) is 60.9 Å². The summed E-state index contributed by atoms with van der Waals surface area (Å²) in [7, 11) is -10.4. The van der Waals surface area contributed by atoms with Crippen molar-refractivity contribution in [2.75, 3.05) is 31.2 Å². The Morgan fingerprint density at radius 2 is 1.77 bits per heavy atom. The van der Waals surface area contributed by atoms with Gasteiger partial charge in [-0.2, -0.15) is 4.98 Å². The van der Waals surface area contributed by atoms with Crippen molar-refractivity contribution in [1.29, 1.82) is 0 Å². The zero-order valence-corrected chi connectivity index (χ0v) is 39.1. The first-order valence-corrected chi connectivity index (χ1v) is 23.9. The SMILES string of the molecule is CC(C)(C)OC(=O)N[C@H](CCCNC(=O)OCc1ccccc1N=[N+]=[N-])C(=O)OC1C(COP(=O)(O)O[C@H]2C[C@H](n3ccc(N)nc3=O)O[C@@H]2COP(=O)(O)O)OC(n2cnc3c(N)ncnc32)C1O. The number of nitrogens with two attached hydrogens (primary N) is 2. The first-order chi connectivity index (χ1) is 33.0. The third-order valence-electron chi connectivity index (χ3n) is 10.1. The number of imidazole rings is 1. The fourth-order valence-electron chi connectivity index (χ4n) is 6.99. The lowest BCUT2D eigenvalue weighted by atomic mass is 10.1. The molecule has 70 heavy (non-hydrogen) atoms. The van der Waals surface area contributed by atoms with Gasteiger partial charge in [-0.15, -0.1) is 0 Å². The zero-order valence-electron chi connectivity index (χ0n) is 37.3. The first kappa shape index (κ1) is 53.0. The van der Waals surface area contributed by atoms with Crippen LogP contribution in [-0.4, -0.2) is 129 Å². The van der Waals surface area contributed by atoms with Gasteiger partial charge in [0.25, 0.3) is 0 Å². The summed E-state index contributed by atoms with van der Waals surface area (Å²) in [5.41, 5.74) is 19.3. The Balaban J connectivity index is 1.18. The van der Waals surface area contributed by atoms with Crippen LogP contribution in [0, 0.1) is 0 Å². The molecule has 0 bridgehead atoms. The Kier molecular flexibility index (Phi) is 17.1. The molecule has 31 nitrogen and oxygen atoms in total. The van der Waals surface area contributed by atoms with Crippen LogP contribution < -0.4 is 27.8 Å². The number of nitrogen functional groups attached to an aromatic ring is 2. The number of alkyl carbamates (subject to hydrolysis) is 2. The molecule has 9 atom stereocenters. The zero-order chi connectivity index (χ0) is 51.0. The van der Waals surface area contributed by atoms with E-state index < -0.39 is 107 Å². The molecule has 5 heterocycles. The monoisotopic (exact) mass is 1030 g/mol. The molecule has 0 aliphatic carbocycles. The van der Waals surface area contributed by atoms with Gasteiger partial charge in [-0.25, -0.2) is 43.3 Å². The summed E-state index contributed by atoms with van der Waals surface area (Å²) >= 11 is 0. The van der Waals surface area contributed by atoms with E-state index in [2.05, 4.69) is 45.1 Å². The van der Waals surface area contributed by atoms with E-state index in [9.17, 15) is 48.1 Å². The van der Waals surface area contributed by atoms with E-state index in [0.717, 1.165) is 10.9 Å². The minimum absolute atomic E-state index is 0.0153. The molecule has 0 radical (unpaired) electrons. The van der Waals surface area contributed by atoms with Crippen molar-refractivity contribution in [3.63, 3.8) is 0 Å². The van der Waals surface area contributed by atoms with Crippen molar-refractivity contribution in [2.24, 2.45) is 5.11 Å². The number of azide groups is 1. The van der Waals surface area contributed by atoms with Gasteiger partial charge in [0, 0.05) is 29.8 Å². The molecule has 5 unspecified atom stereocenters. The van der Waals surface area contributed by atoms with Crippen molar-refractivity contribution >= 4 is 62.3 Å². The van der Waals surface area contributed by atoms with E-state index in [4.69, 9.17) is 49.7 Å². The highest BCUT2D eigenvalue weighted by Crippen LogP contribution is 2.50. The number of nitrogens with one attached hydrogen (secondary N) is 2. The molecule has 10 N–H and O–H groups in total. The highest BCUT2D eigenvalue weighted by atomic mass is 31.2. The maximum atomic E-state index is 14.1. The second-order valence-corrected chi connectivity index (χ2v) is 18.9. The number of aliphatic hydroxyl groups is 1. The number of benzene rings is 1. The quantitative estimate of drug-likeness (QED) is 0.0119. The second-order valence-electron chi connectivity index (χ2n) is 16.3. The molecular formula is C37H49N13O18P2. The Bertz CT molecular complexity index is 2730. The lowest BCUT2D eigenvalue weighted by molar-refractivity contribution is -0.159. The fourth-order valence-corrected chi connectivity index (χ4v) is 8.29. The molecule has 0 saturated carbocycles. The molecule has 2 amide bonds. The summed E-state index contributed by atoms with van der Waals surface area (Å²) in [6.07, 6.45) is -9.95. The molecule has 2 aliphatic rings. The normalized spacial score (nSPS) is 22.6. The van der Waals surface area contributed by atoms with Crippen LogP contribution in [0.1, 0.15) is 58.1 Å². The first-order valence-electron chi connectivity index (χ1n) is 20.9. The van der Waals surface area contributed by atoms with Gasteiger partial charge in [-0.3, -0.25) is 22.7 Å². The Morgan fingerprint density at radius 1 is 1.03 bits per heavy atom. The minimum Gasteiger partial charge on any atom is -0.455 e. The number of carbonyl (C=O) groups excluding carboxylic acids is 3. The number of anilines is 2. The van der Waals surface area contributed by atoms with Gasteiger partial charge in [0.15, 0.2) is 23.8 Å². The molecular weight excluding hydrogens is 976 g/mol. The third kappa shape index (κ3) is 14.4. The minimum atomic E-state index is -5.30. The molecule has 33 heteroatoms. The van der Waals surface area contributed by atoms with E-state index in [0.29, 0.717) is 5.56 Å². The van der Waals surface area contributed by atoms with Crippen LogP contribution in [0.2, 0.25) is 0 Å². The number of aliphatic hydroxyl groups excluding tert-OH is 1. The van der Waals surface area contributed by atoms with Gasteiger partial charge in [0.05, 0.1) is 19.5 Å². The van der Waals surface area contributed by atoms with E-state index in [1.165, 1.54) is 29.2 Å². The van der Waals surface area contributed by atoms with Gasteiger partial charge in [0.2, 0.25) is 0 Å². The Labute approximate surface area is 395 Å². The van der Waals surface area contributed by atoms with Crippen LogP contribution >= 0.6 is 15.6 Å². The number of fused-ring (bicyclic) bond motifs is 1. The fraction of sp³-hybridized carbons (Fsp3) is 0.514. The maximum absolute atomic E-state index is 14.1. The van der Waals surface area contributed by atoms with Gasteiger partial charge >= 0.3 is 39.5 Å². The topological polar surface area (TPSA) is 443 Å². The number of ether oxygens (including phenoxy) is 5. The van der Waals surface area contributed by atoms with Gasteiger partial charge in [-0.1, -0.05) is 29.4 Å². The summed E-state index contributed by atoms with van der Waals surface area (Å²) in [5.74, 6) is -1.33. The molecule has 4 aromatic rings. The number of phosphoric ester groups is 2. The van der Waals surface area contributed by atoms with Crippen LogP contribution in [0.3, 0.4) is 0 Å². The van der Waals surface area contributed by atoms with Crippen LogP contribution in [-0.2, 0) is 57.8 Å². The predicted molar refractivity (Wildman–Crippen MR) is 235 cm³/mol. The molecule has 0 spiro atoms. The molecule has 3 aromatic heterocycles. The summed E-state index contributed by atoms with van der Waals surface area (Å²) in [6, 6.07) is 6.16. The lowest BCUT2D eigenvalue weighted by Crippen LogP contribution is -2.48. The van der Waals surface area contributed by atoms with E-state index >= 15 is 0 Å². The number of hydrogen-bond acceptors (Lipinski definition) is 22. The molecule has 2 aliphatic heterocycles. The number of hydrogen-bond donors (Lipinski definition) is 8. The summed E-state index contributed by atoms with van der Waals surface area (Å²) in [6.45, 7) is 2.54. The molecule has 2 saturated heterocycles. The second kappa shape index (κ2) is 22.6. The van der Waals surface area contributed by atoms with Gasteiger partial charge in [-0.05, 0) is 50.8 Å². The maximum Gasteiger partial charge on any atom is 0.472 e. The largest absolute Gasteiger partial charge is 0.472 e. The average molecular weight is 1030 g/mol. The summed E-state index contributed by atoms with van der Waals surface area (Å²) in [5, 5.41) is 20.2. The molecule has 6 rings (SSSR count).